The Morgan fingerprint density at radius 2 is 2.29 bits per heavy atom. The average molecular weight is 358 g/mol. The predicted octanol–water partition coefficient (Wildman–Crippen LogP) is 1.77. The van der Waals surface area contributed by atoms with E-state index in [1.807, 2.05) is 0 Å². The molecule has 1 fully saturated rings. The number of carbonyl (C=O) groups is 2. The molecule has 1 aromatic rings. The largest absolute Gasteiger partial charge is 0.496 e. The fourth-order valence-corrected chi connectivity index (χ4v) is 2.63. The number of rotatable bonds is 4. The Kier molecular flexibility index (Phi) is 5.19. The molecule has 7 heteroatoms. The lowest BCUT2D eigenvalue weighted by Crippen LogP contribution is -2.49. The molecule has 1 heterocycles. The van der Waals surface area contributed by atoms with Crippen molar-refractivity contribution in [1.29, 1.82) is 0 Å². The molecule has 0 aliphatic carbocycles. The summed E-state index contributed by atoms with van der Waals surface area (Å²) in [5.41, 5.74) is 0.415. The first-order valence-corrected chi connectivity index (χ1v) is 7.26. The molecule has 114 valence electrons. The van der Waals surface area contributed by atoms with Crippen LogP contribution in [0.15, 0.2) is 22.7 Å². The van der Waals surface area contributed by atoms with Crippen LogP contribution in [0.25, 0.3) is 0 Å². The maximum atomic E-state index is 12.7. The van der Waals surface area contributed by atoms with Crippen LogP contribution < -0.4 is 4.74 Å². The first-order chi connectivity index (χ1) is 10.0. The first kappa shape index (κ1) is 15.8. The summed E-state index contributed by atoms with van der Waals surface area (Å²) in [7, 11) is 1.49. The van der Waals surface area contributed by atoms with Crippen LogP contribution in [0.3, 0.4) is 0 Å². The van der Waals surface area contributed by atoms with Crippen molar-refractivity contribution in [2.24, 2.45) is 0 Å². The first-order valence-electron chi connectivity index (χ1n) is 6.47. The number of methoxy groups -OCH3 is 1. The summed E-state index contributed by atoms with van der Waals surface area (Å²) in [6, 6.07) is 4.66. The zero-order chi connectivity index (χ0) is 15.4. The lowest BCUT2D eigenvalue weighted by Gasteiger charge is -2.35. The van der Waals surface area contributed by atoms with Crippen LogP contribution in [0.4, 0.5) is 0 Å². The average Bonchev–Trinajstić information content (AvgIpc) is 2.46. The summed E-state index contributed by atoms with van der Waals surface area (Å²) in [6.07, 6.45) is -0.134. The number of morpholine rings is 1. The third-order valence-electron chi connectivity index (χ3n) is 3.29. The molecule has 1 aliphatic rings. The van der Waals surface area contributed by atoms with Gasteiger partial charge in [-0.2, -0.15) is 0 Å². The number of halogens is 1. The van der Waals surface area contributed by atoms with E-state index in [-0.39, 0.29) is 18.9 Å². The molecule has 1 amide bonds. The van der Waals surface area contributed by atoms with E-state index in [0.29, 0.717) is 24.5 Å². The highest BCUT2D eigenvalue weighted by Crippen LogP contribution is 2.26. The highest BCUT2D eigenvalue weighted by Gasteiger charge is 2.31. The van der Waals surface area contributed by atoms with Crippen LogP contribution in [0.5, 0.6) is 5.75 Å². The molecule has 1 aromatic carbocycles. The molecule has 0 bridgehead atoms. The van der Waals surface area contributed by atoms with E-state index in [2.05, 4.69) is 15.9 Å². The second-order valence-corrected chi connectivity index (χ2v) is 5.59. The minimum Gasteiger partial charge on any atom is -0.496 e. The number of carboxylic acids is 1. The van der Waals surface area contributed by atoms with Gasteiger partial charge in [-0.05, 0) is 18.2 Å². The SMILES string of the molecule is COc1cc(Br)ccc1C(=O)N1CCOCC1CC(=O)O. The van der Waals surface area contributed by atoms with E-state index in [0.717, 1.165) is 4.47 Å². The van der Waals surface area contributed by atoms with E-state index in [4.69, 9.17) is 14.6 Å². The van der Waals surface area contributed by atoms with Crippen molar-refractivity contribution in [3.63, 3.8) is 0 Å². The number of hydrogen-bond acceptors (Lipinski definition) is 4. The topological polar surface area (TPSA) is 76.1 Å². The second-order valence-electron chi connectivity index (χ2n) is 4.67. The van der Waals surface area contributed by atoms with Gasteiger partial charge in [0, 0.05) is 11.0 Å². The van der Waals surface area contributed by atoms with Gasteiger partial charge in [-0.3, -0.25) is 9.59 Å². The Labute approximate surface area is 130 Å². The van der Waals surface area contributed by atoms with Crippen LogP contribution in [-0.4, -0.2) is 54.8 Å². The van der Waals surface area contributed by atoms with E-state index >= 15 is 0 Å². The number of ether oxygens (including phenoxy) is 2. The van der Waals surface area contributed by atoms with Crippen molar-refractivity contribution >= 4 is 27.8 Å². The minimum absolute atomic E-state index is 0.134. The van der Waals surface area contributed by atoms with Crippen LogP contribution in [0.2, 0.25) is 0 Å². The maximum absolute atomic E-state index is 12.7. The third-order valence-corrected chi connectivity index (χ3v) is 3.79. The van der Waals surface area contributed by atoms with Crippen molar-refractivity contribution in [2.75, 3.05) is 26.9 Å². The maximum Gasteiger partial charge on any atom is 0.305 e. The van der Waals surface area contributed by atoms with Gasteiger partial charge < -0.3 is 19.5 Å². The van der Waals surface area contributed by atoms with Crippen LogP contribution >= 0.6 is 15.9 Å². The molecule has 1 N–H and O–H groups in total. The van der Waals surface area contributed by atoms with E-state index in [1.54, 1.807) is 23.1 Å². The fraction of sp³-hybridized carbons (Fsp3) is 0.429. The van der Waals surface area contributed by atoms with Crippen LogP contribution in [-0.2, 0) is 9.53 Å². The van der Waals surface area contributed by atoms with Gasteiger partial charge in [0.15, 0.2) is 0 Å². The quantitative estimate of drug-likeness (QED) is 0.888. The second kappa shape index (κ2) is 6.91. The molecular weight excluding hydrogens is 342 g/mol. The van der Waals surface area contributed by atoms with Crippen molar-refractivity contribution in [2.45, 2.75) is 12.5 Å². The highest BCUT2D eigenvalue weighted by atomic mass is 79.9. The summed E-state index contributed by atoms with van der Waals surface area (Å²) in [4.78, 5) is 25.1. The molecule has 1 saturated heterocycles. The van der Waals surface area contributed by atoms with Crippen LogP contribution in [0.1, 0.15) is 16.8 Å². The van der Waals surface area contributed by atoms with Gasteiger partial charge >= 0.3 is 5.97 Å². The van der Waals surface area contributed by atoms with E-state index in [9.17, 15) is 9.59 Å². The molecule has 1 atom stereocenters. The molecule has 6 nitrogen and oxygen atoms in total. The monoisotopic (exact) mass is 357 g/mol. The van der Waals surface area contributed by atoms with Gasteiger partial charge in [0.25, 0.3) is 5.91 Å². The number of carboxylic acid groups (broad SMARTS) is 1. The number of amides is 1. The van der Waals surface area contributed by atoms with Crippen molar-refractivity contribution in [3.8, 4) is 5.75 Å². The Morgan fingerprint density at radius 3 is 2.95 bits per heavy atom. The zero-order valence-corrected chi connectivity index (χ0v) is 13.1. The summed E-state index contributed by atoms with van der Waals surface area (Å²) in [5.74, 6) is -0.741. The molecule has 1 unspecified atom stereocenters. The standard InChI is InChI=1S/C14H16BrNO5/c1-20-12-6-9(15)2-3-11(12)14(19)16-4-5-21-8-10(16)7-13(17)18/h2-3,6,10H,4-5,7-8H2,1H3,(H,17,18). The number of hydrogen-bond donors (Lipinski definition) is 1. The lowest BCUT2D eigenvalue weighted by molar-refractivity contribution is -0.139. The Morgan fingerprint density at radius 1 is 1.52 bits per heavy atom. The fourth-order valence-electron chi connectivity index (χ4n) is 2.29. The molecule has 21 heavy (non-hydrogen) atoms. The molecule has 0 aromatic heterocycles. The highest BCUT2D eigenvalue weighted by molar-refractivity contribution is 9.10. The lowest BCUT2D eigenvalue weighted by atomic mass is 10.1. The number of nitrogens with zero attached hydrogens (tertiary/aromatic N) is 1. The third kappa shape index (κ3) is 3.74. The van der Waals surface area contributed by atoms with Crippen LogP contribution in [0, 0.1) is 0 Å². The summed E-state index contributed by atoms with van der Waals surface area (Å²) in [6.45, 7) is 1.01. The molecule has 1 aliphatic heterocycles. The van der Waals surface area contributed by atoms with Gasteiger partial charge in [-0.15, -0.1) is 0 Å². The normalized spacial score (nSPS) is 18.4. The predicted molar refractivity (Wildman–Crippen MR) is 78.6 cm³/mol. The Bertz CT molecular complexity index is 548. The molecule has 2 rings (SSSR count). The smallest absolute Gasteiger partial charge is 0.305 e. The van der Waals surface area contributed by atoms with Crippen molar-refractivity contribution in [1.82, 2.24) is 4.90 Å². The van der Waals surface area contributed by atoms with Gasteiger partial charge in [-0.25, -0.2) is 0 Å². The summed E-state index contributed by atoms with van der Waals surface area (Å²) in [5, 5.41) is 8.95. The minimum atomic E-state index is -0.953. The molecule has 0 saturated carbocycles. The zero-order valence-electron chi connectivity index (χ0n) is 11.5. The molecule has 0 radical (unpaired) electrons. The summed E-state index contributed by atoms with van der Waals surface area (Å²) < 4.78 is 11.3. The Balaban J connectivity index is 2.26. The number of aliphatic carboxylic acids is 1. The molecular formula is C14H16BrNO5. The van der Waals surface area contributed by atoms with Crippen molar-refractivity contribution in [3.05, 3.63) is 28.2 Å². The number of carbonyl (C=O) groups excluding carboxylic acids is 1. The van der Waals surface area contributed by atoms with E-state index in [1.165, 1.54) is 7.11 Å². The molecule has 0 spiro atoms. The number of benzene rings is 1. The van der Waals surface area contributed by atoms with E-state index < -0.39 is 12.0 Å². The summed E-state index contributed by atoms with van der Waals surface area (Å²) >= 11 is 3.32. The van der Waals surface area contributed by atoms with Gasteiger partial charge in [0.2, 0.25) is 0 Å². The Hall–Kier alpha value is -1.60. The van der Waals surface area contributed by atoms with Gasteiger partial charge in [0.1, 0.15) is 5.75 Å². The van der Waals surface area contributed by atoms with Gasteiger partial charge in [-0.1, -0.05) is 15.9 Å². The van der Waals surface area contributed by atoms with Gasteiger partial charge in [0.05, 0.1) is 38.3 Å². The van der Waals surface area contributed by atoms with Crippen molar-refractivity contribution < 1.29 is 24.2 Å².